The molecule has 35 heavy (non-hydrogen) atoms. The first-order valence-electron chi connectivity index (χ1n) is 11.1. The van der Waals surface area contributed by atoms with Crippen LogP contribution in [-0.2, 0) is 14.8 Å². The summed E-state index contributed by atoms with van der Waals surface area (Å²) in [7, 11) is -2.13. The summed E-state index contributed by atoms with van der Waals surface area (Å²) in [6.45, 7) is 1.37. The van der Waals surface area contributed by atoms with Crippen molar-refractivity contribution < 1.29 is 26.8 Å². The van der Waals surface area contributed by atoms with Gasteiger partial charge in [-0.3, -0.25) is 4.79 Å². The molecule has 0 bridgehead atoms. The molecule has 1 saturated heterocycles. The molecule has 0 unspecified atom stereocenters. The summed E-state index contributed by atoms with van der Waals surface area (Å²) in [5.74, 6) is -0.399. The van der Waals surface area contributed by atoms with E-state index in [-0.39, 0.29) is 16.6 Å². The van der Waals surface area contributed by atoms with Crippen LogP contribution in [0.4, 0.5) is 4.39 Å². The predicted octanol–water partition coefficient (Wildman–Crippen LogP) is 4.29. The molecule has 0 saturated carbocycles. The van der Waals surface area contributed by atoms with Crippen molar-refractivity contribution in [3.63, 3.8) is 0 Å². The molecule has 9 heteroatoms. The molecule has 1 N–H and O–H groups in total. The van der Waals surface area contributed by atoms with Crippen LogP contribution >= 0.6 is 0 Å². The van der Waals surface area contributed by atoms with Crippen LogP contribution in [0.2, 0.25) is 0 Å². The Labute approximate surface area is 202 Å². The molecule has 1 fully saturated rings. The van der Waals surface area contributed by atoms with E-state index in [4.69, 9.17) is 9.15 Å². The lowest BCUT2D eigenvalue weighted by Gasteiger charge is -2.26. The lowest BCUT2D eigenvalue weighted by atomic mass is 10.00. The highest BCUT2D eigenvalue weighted by Gasteiger charge is 2.27. The Morgan fingerprint density at radius 3 is 2.34 bits per heavy atom. The molecule has 1 aliphatic heterocycles. The number of nitrogens with one attached hydrogen (secondary N) is 1. The smallest absolute Gasteiger partial charge is 0.255 e. The number of rotatable bonds is 5. The number of benzene rings is 3. The van der Waals surface area contributed by atoms with E-state index in [2.05, 4.69) is 5.32 Å². The lowest BCUT2D eigenvalue weighted by molar-refractivity contribution is 0.0730. The minimum absolute atomic E-state index is 0.197. The monoisotopic (exact) mass is 494 g/mol. The SMILES string of the molecule is CNC(=O)c1c(-c2ccc(F)cc2)oc2ccc(-c3cccc(S(=O)(=O)N4CCOCC4)c3)cc12. The third-order valence-corrected chi connectivity index (χ3v) is 7.92. The Hall–Kier alpha value is -3.53. The maximum absolute atomic E-state index is 13.4. The average Bonchev–Trinajstić information content (AvgIpc) is 3.28. The second-order valence-electron chi connectivity index (χ2n) is 8.15. The van der Waals surface area contributed by atoms with Crippen molar-refractivity contribution in [1.82, 2.24) is 9.62 Å². The molecule has 4 aromatic rings. The van der Waals surface area contributed by atoms with Gasteiger partial charge in [-0.15, -0.1) is 0 Å². The number of carbonyl (C=O) groups is 1. The van der Waals surface area contributed by atoms with Gasteiger partial charge in [-0.2, -0.15) is 4.31 Å². The summed E-state index contributed by atoms with van der Waals surface area (Å²) in [6, 6.07) is 17.8. The van der Waals surface area contributed by atoms with Gasteiger partial charge in [-0.05, 0) is 59.7 Å². The molecule has 2 heterocycles. The fourth-order valence-electron chi connectivity index (χ4n) is 4.20. The van der Waals surface area contributed by atoms with E-state index in [9.17, 15) is 17.6 Å². The lowest BCUT2D eigenvalue weighted by Crippen LogP contribution is -2.40. The van der Waals surface area contributed by atoms with Crippen molar-refractivity contribution in [2.45, 2.75) is 4.90 Å². The highest BCUT2D eigenvalue weighted by molar-refractivity contribution is 7.89. The molecular formula is C26H23FN2O5S. The van der Waals surface area contributed by atoms with Crippen molar-refractivity contribution in [3.05, 3.63) is 78.1 Å². The number of amides is 1. The standard InChI is InChI=1S/C26H23FN2O5S/c1-28-26(30)24-22-16-19(7-10-23(22)34-25(24)17-5-8-20(27)9-6-17)18-3-2-4-21(15-18)35(31,32)29-11-13-33-14-12-29/h2-10,15-16H,11-14H2,1H3,(H,28,30). The summed E-state index contributed by atoms with van der Waals surface area (Å²) in [6.07, 6.45) is 0. The highest BCUT2D eigenvalue weighted by atomic mass is 32.2. The molecule has 0 radical (unpaired) electrons. The number of fused-ring (bicyclic) bond motifs is 1. The molecular weight excluding hydrogens is 471 g/mol. The van der Waals surface area contributed by atoms with Crippen molar-refractivity contribution in [2.75, 3.05) is 33.4 Å². The van der Waals surface area contributed by atoms with Crippen molar-refractivity contribution in [1.29, 1.82) is 0 Å². The molecule has 0 aliphatic carbocycles. The second-order valence-corrected chi connectivity index (χ2v) is 10.1. The minimum atomic E-state index is -3.66. The van der Waals surface area contributed by atoms with Crippen molar-refractivity contribution >= 4 is 26.9 Å². The first-order chi connectivity index (χ1) is 16.9. The molecule has 1 aromatic heterocycles. The van der Waals surface area contributed by atoms with E-state index in [1.165, 1.54) is 23.5 Å². The van der Waals surface area contributed by atoms with Crippen LogP contribution in [-0.4, -0.2) is 52.0 Å². The summed E-state index contributed by atoms with van der Waals surface area (Å²) in [4.78, 5) is 13.0. The van der Waals surface area contributed by atoms with Crippen LogP contribution in [0.25, 0.3) is 33.4 Å². The van der Waals surface area contributed by atoms with E-state index >= 15 is 0 Å². The van der Waals surface area contributed by atoms with Crippen LogP contribution in [0.5, 0.6) is 0 Å². The molecule has 3 aromatic carbocycles. The first-order valence-corrected chi connectivity index (χ1v) is 12.6. The Bertz CT molecular complexity index is 1510. The van der Waals surface area contributed by atoms with Crippen molar-refractivity contribution in [3.8, 4) is 22.5 Å². The van der Waals surface area contributed by atoms with Gasteiger partial charge in [-0.1, -0.05) is 18.2 Å². The minimum Gasteiger partial charge on any atom is -0.455 e. The molecule has 1 amide bonds. The van der Waals surface area contributed by atoms with Gasteiger partial charge >= 0.3 is 0 Å². The average molecular weight is 495 g/mol. The third kappa shape index (κ3) is 4.34. The highest BCUT2D eigenvalue weighted by Crippen LogP contribution is 2.36. The number of hydrogen-bond donors (Lipinski definition) is 1. The van der Waals surface area contributed by atoms with Gasteiger partial charge in [0.05, 0.1) is 23.7 Å². The van der Waals surface area contributed by atoms with Gasteiger partial charge in [0.15, 0.2) is 0 Å². The van der Waals surface area contributed by atoms with E-state index in [1.807, 2.05) is 12.1 Å². The summed E-state index contributed by atoms with van der Waals surface area (Å²) < 4.78 is 52.4. The number of morpholine rings is 1. The van der Waals surface area contributed by atoms with Gasteiger partial charge in [0.1, 0.15) is 17.2 Å². The van der Waals surface area contributed by atoms with Gasteiger partial charge in [0, 0.05) is 31.1 Å². The molecule has 1 aliphatic rings. The quantitative estimate of drug-likeness (QED) is 0.447. The Morgan fingerprint density at radius 1 is 0.943 bits per heavy atom. The second kappa shape index (κ2) is 9.26. The summed E-state index contributed by atoms with van der Waals surface area (Å²) in [5.41, 5.74) is 2.81. The number of hydrogen-bond acceptors (Lipinski definition) is 5. The van der Waals surface area contributed by atoms with Crippen LogP contribution in [0.1, 0.15) is 10.4 Å². The van der Waals surface area contributed by atoms with E-state index in [0.717, 1.165) is 5.56 Å². The molecule has 180 valence electrons. The maximum Gasteiger partial charge on any atom is 0.255 e. The normalized spacial score (nSPS) is 14.8. The Morgan fingerprint density at radius 2 is 1.63 bits per heavy atom. The first kappa shape index (κ1) is 23.2. The fourth-order valence-corrected chi connectivity index (χ4v) is 5.66. The largest absolute Gasteiger partial charge is 0.455 e. The number of carbonyl (C=O) groups excluding carboxylic acids is 1. The topological polar surface area (TPSA) is 88.8 Å². The van der Waals surface area contributed by atoms with E-state index in [1.54, 1.807) is 42.5 Å². The number of sulfonamides is 1. The number of halogens is 1. The number of furan rings is 1. The van der Waals surface area contributed by atoms with E-state index < -0.39 is 10.0 Å². The van der Waals surface area contributed by atoms with Crippen LogP contribution in [0.15, 0.2) is 76.0 Å². The fraction of sp³-hybridized carbons (Fsp3) is 0.192. The number of nitrogens with zero attached hydrogens (tertiary/aromatic N) is 1. The summed E-state index contributed by atoms with van der Waals surface area (Å²) >= 11 is 0. The molecule has 7 nitrogen and oxygen atoms in total. The van der Waals surface area contributed by atoms with Gasteiger partial charge in [0.2, 0.25) is 10.0 Å². The predicted molar refractivity (Wildman–Crippen MR) is 130 cm³/mol. The summed E-state index contributed by atoms with van der Waals surface area (Å²) in [5, 5.41) is 3.21. The van der Waals surface area contributed by atoms with Crippen LogP contribution in [0, 0.1) is 5.82 Å². The molecule has 0 spiro atoms. The van der Waals surface area contributed by atoms with Crippen LogP contribution < -0.4 is 5.32 Å². The van der Waals surface area contributed by atoms with Gasteiger partial charge < -0.3 is 14.5 Å². The zero-order valence-electron chi connectivity index (χ0n) is 19.0. The maximum atomic E-state index is 13.4. The number of ether oxygens (including phenoxy) is 1. The van der Waals surface area contributed by atoms with Gasteiger partial charge in [-0.25, -0.2) is 12.8 Å². The van der Waals surface area contributed by atoms with Crippen LogP contribution in [0.3, 0.4) is 0 Å². The zero-order valence-corrected chi connectivity index (χ0v) is 19.8. The Kier molecular flexibility index (Phi) is 6.14. The molecule has 0 atom stereocenters. The van der Waals surface area contributed by atoms with Crippen molar-refractivity contribution in [2.24, 2.45) is 0 Å². The zero-order chi connectivity index (χ0) is 24.6. The van der Waals surface area contributed by atoms with Gasteiger partial charge in [0.25, 0.3) is 5.91 Å². The molecule has 5 rings (SSSR count). The van der Waals surface area contributed by atoms with E-state index in [0.29, 0.717) is 59.7 Å². The Balaban J connectivity index is 1.60. The third-order valence-electron chi connectivity index (χ3n) is 6.02.